The zero-order chi connectivity index (χ0) is 17.5. The molecule has 126 valence electrons. The van der Waals surface area contributed by atoms with Crippen LogP contribution in [0.3, 0.4) is 0 Å². The lowest BCUT2D eigenvalue weighted by Crippen LogP contribution is -2.22. The zero-order valence-corrected chi connectivity index (χ0v) is 14.7. The van der Waals surface area contributed by atoms with Gasteiger partial charge >= 0.3 is 5.97 Å². The molecule has 2 aromatic carbocycles. The second kappa shape index (κ2) is 8.59. The van der Waals surface area contributed by atoms with E-state index < -0.39 is 24.3 Å². The van der Waals surface area contributed by atoms with Crippen molar-refractivity contribution < 1.29 is 18.7 Å². The monoisotopic (exact) mass is 393 g/mol. The number of halogens is 2. The van der Waals surface area contributed by atoms with Gasteiger partial charge < -0.3 is 10.1 Å². The fraction of sp³-hybridized carbons (Fsp3) is 0.222. The van der Waals surface area contributed by atoms with Crippen LogP contribution < -0.4 is 5.32 Å². The molecule has 2 aromatic rings. The summed E-state index contributed by atoms with van der Waals surface area (Å²) >= 11 is 3.13. The number of hydrogen-bond acceptors (Lipinski definition) is 3. The van der Waals surface area contributed by atoms with Gasteiger partial charge in [-0.15, -0.1) is 0 Å². The third kappa shape index (κ3) is 5.45. The lowest BCUT2D eigenvalue weighted by molar-refractivity contribution is -0.147. The topological polar surface area (TPSA) is 55.4 Å². The number of carbonyl (C=O) groups is 2. The molecule has 24 heavy (non-hydrogen) atoms. The first-order valence-electron chi connectivity index (χ1n) is 7.41. The van der Waals surface area contributed by atoms with Crippen molar-refractivity contribution in [2.24, 2.45) is 0 Å². The summed E-state index contributed by atoms with van der Waals surface area (Å²) in [5, 5.41) is 2.37. The Balaban J connectivity index is 1.80. The highest BCUT2D eigenvalue weighted by atomic mass is 79.9. The molecule has 1 atom stereocenters. The first kappa shape index (κ1) is 18.1. The molecule has 0 aliphatic carbocycles. The van der Waals surface area contributed by atoms with E-state index in [0.717, 1.165) is 5.56 Å². The van der Waals surface area contributed by atoms with Gasteiger partial charge in [0.1, 0.15) is 5.82 Å². The van der Waals surface area contributed by atoms with Gasteiger partial charge in [0.15, 0.2) is 6.61 Å². The van der Waals surface area contributed by atoms with E-state index in [1.165, 1.54) is 12.1 Å². The molecule has 0 bridgehead atoms. The van der Waals surface area contributed by atoms with E-state index >= 15 is 0 Å². The Morgan fingerprint density at radius 3 is 2.58 bits per heavy atom. The minimum atomic E-state index is -0.586. The van der Waals surface area contributed by atoms with Gasteiger partial charge in [0.05, 0.1) is 12.1 Å². The second-order valence-electron chi connectivity index (χ2n) is 5.35. The minimum absolute atomic E-state index is 0.00863. The molecular formula is C18H17BrFNO3. The van der Waals surface area contributed by atoms with Gasteiger partial charge in [-0.25, -0.2) is 4.39 Å². The number of esters is 1. The molecule has 0 radical (unpaired) electrons. The van der Waals surface area contributed by atoms with Gasteiger partial charge in [0, 0.05) is 4.47 Å². The molecular weight excluding hydrogens is 377 g/mol. The van der Waals surface area contributed by atoms with Crippen LogP contribution in [-0.4, -0.2) is 18.5 Å². The molecule has 4 nitrogen and oxygen atoms in total. The normalized spacial score (nSPS) is 11.6. The van der Waals surface area contributed by atoms with E-state index in [4.69, 9.17) is 4.74 Å². The van der Waals surface area contributed by atoms with Crippen molar-refractivity contribution in [3.63, 3.8) is 0 Å². The number of ether oxygens (including phenoxy) is 1. The van der Waals surface area contributed by atoms with E-state index in [1.807, 2.05) is 37.3 Å². The van der Waals surface area contributed by atoms with Crippen molar-refractivity contribution in [2.45, 2.75) is 19.3 Å². The van der Waals surface area contributed by atoms with E-state index in [2.05, 4.69) is 21.2 Å². The molecule has 0 fully saturated rings. The number of anilines is 1. The van der Waals surface area contributed by atoms with Gasteiger partial charge in [-0.1, -0.05) is 53.2 Å². The summed E-state index contributed by atoms with van der Waals surface area (Å²) in [6.45, 7) is 1.46. The van der Waals surface area contributed by atoms with E-state index in [-0.39, 0.29) is 18.0 Å². The van der Waals surface area contributed by atoms with Gasteiger partial charge in [-0.2, -0.15) is 0 Å². The maximum absolute atomic E-state index is 13.6. The van der Waals surface area contributed by atoms with Crippen molar-refractivity contribution >= 4 is 33.5 Å². The fourth-order valence-electron chi connectivity index (χ4n) is 2.13. The number of carbonyl (C=O) groups excluding carboxylic acids is 2. The maximum Gasteiger partial charge on any atom is 0.306 e. The van der Waals surface area contributed by atoms with Crippen molar-refractivity contribution in [1.82, 2.24) is 0 Å². The predicted molar refractivity (Wildman–Crippen MR) is 93.2 cm³/mol. The first-order chi connectivity index (χ1) is 11.5. The summed E-state index contributed by atoms with van der Waals surface area (Å²) in [5.41, 5.74) is 1.06. The summed E-state index contributed by atoms with van der Waals surface area (Å²) in [7, 11) is 0. The highest BCUT2D eigenvalue weighted by molar-refractivity contribution is 9.10. The lowest BCUT2D eigenvalue weighted by Gasteiger charge is -2.11. The van der Waals surface area contributed by atoms with Crippen molar-refractivity contribution in [3.8, 4) is 0 Å². The Kier molecular flexibility index (Phi) is 6.49. The molecule has 0 saturated carbocycles. The van der Waals surface area contributed by atoms with Crippen LogP contribution in [0.15, 0.2) is 53.0 Å². The van der Waals surface area contributed by atoms with Gasteiger partial charge in [0.25, 0.3) is 5.91 Å². The molecule has 0 heterocycles. The van der Waals surface area contributed by atoms with Crippen LogP contribution in [0.1, 0.15) is 24.8 Å². The molecule has 2 rings (SSSR count). The summed E-state index contributed by atoms with van der Waals surface area (Å²) in [6, 6.07) is 13.8. The Bertz CT molecular complexity index is 721. The Morgan fingerprint density at radius 2 is 1.92 bits per heavy atom. The lowest BCUT2D eigenvalue weighted by atomic mass is 9.98. The van der Waals surface area contributed by atoms with E-state index in [1.54, 1.807) is 6.07 Å². The van der Waals surface area contributed by atoms with Crippen LogP contribution in [-0.2, 0) is 14.3 Å². The van der Waals surface area contributed by atoms with Crippen LogP contribution >= 0.6 is 15.9 Å². The number of rotatable bonds is 6. The second-order valence-corrected chi connectivity index (χ2v) is 6.26. The largest absolute Gasteiger partial charge is 0.456 e. The molecule has 6 heteroatoms. The third-order valence-electron chi connectivity index (χ3n) is 3.41. The average Bonchev–Trinajstić information content (AvgIpc) is 2.56. The Hall–Kier alpha value is -2.21. The van der Waals surface area contributed by atoms with Gasteiger partial charge in [0.2, 0.25) is 0 Å². The molecule has 0 saturated heterocycles. The number of nitrogens with one attached hydrogen (secondary N) is 1. The zero-order valence-electron chi connectivity index (χ0n) is 13.1. The van der Waals surface area contributed by atoms with Crippen LogP contribution in [0.5, 0.6) is 0 Å². The van der Waals surface area contributed by atoms with Crippen molar-refractivity contribution in [1.29, 1.82) is 0 Å². The van der Waals surface area contributed by atoms with Crippen LogP contribution in [0.4, 0.5) is 10.1 Å². The van der Waals surface area contributed by atoms with Gasteiger partial charge in [-0.05, 0) is 29.7 Å². The van der Waals surface area contributed by atoms with E-state index in [9.17, 15) is 14.0 Å². The molecule has 0 aromatic heterocycles. The smallest absolute Gasteiger partial charge is 0.306 e. The molecule has 0 unspecified atom stereocenters. The fourth-order valence-corrected chi connectivity index (χ4v) is 2.46. The molecule has 0 aliphatic rings. The first-order valence-corrected chi connectivity index (χ1v) is 8.20. The average molecular weight is 394 g/mol. The molecule has 0 spiro atoms. The van der Waals surface area contributed by atoms with Crippen LogP contribution in [0.2, 0.25) is 0 Å². The summed E-state index contributed by atoms with van der Waals surface area (Å²) in [4.78, 5) is 23.6. The highest BCUT2D eigenvalue weighted by Gasteiger charge is 2.14. The Labute approximate surface area is 148 Å². The SMILES string of the molecule is C[C@@H](CC(=O)OCC(=O)Nc1ccc(Br)cc1F)c1ccccc1. The molecule has 1 N–H and O–H groups in total. The quantitative estimate of drug-likeness (QED) is 0.745. The molecule has 1 amide bonds. The van der Waals surface area contributed by atoms with Crippen molar-refractivity contribution in [3.05, 3.63) is 64.4 Å². The number of benzene rings is 2. The third-order valence-corrected chi connectivity index (χ3v) is 3.90. The highest BCUT2D eigenvalue weighted by Crippen LogP contribution is 2.20. The predicted octanol–water partition coefficient (Wildman–Crippen LogP) is 4.26. The number of hydrogen-bond donors (Lipinski definition) is 1. The van der Waals surface area contributed by atoms with Gasteiger partial charge in [-0.3, -0.25) is 9.59 Å². The Morgan fingerprint density at radius 1 is 1.21 bits per heavy atom. The van der Waals surface area contributed by atoms with E-state index in [0.29, 0.717) is 4.47 Å². The standard InChI is InChI=1S/C18H17BrFNO3/c1-12(13-5-3-2-4-6-13)9-18(23)24-11-17(22)21-16-8-7-14(19)10-15(16)20/h2-8,10,12H,9,11H2,1H3,(H,21,22)/t12-/m0/s1. The van der Waals surface area contributed by atoms with Crippen LogP contribution in [0.25, 0.3) is 0 Å². The minimum Gasteiger partial charge on any atom is -0.456 e. The summed E-state index contributed by atoms with van der Waals surface area (Å²) in [5.74, 6) is -1.64. The summed E-state index contributed by atoms with van der Waals surface area (Å²) in [6.07, 6.45) is 0.171. The number of amides is 1. The molecule has 0 aliphatic heterocycles. The van der Waals surface area contributed by atoms with Crippen molar-refractivity contribution in [2.75, 3.05) is 11.9 Å². The summed E-state index contributed by atoms with van der Waals surface area (Å²) < 4.78 is 19.1. The maximum atomic E-state index is 13.6. The van der Waals surface area contributed by atoms with Crippen LogP contribution in [0, 0.1) is 5.82 Å².